The van der Waals surface area contributed by atoms with Crippen LogP contribution < -0.4 is 0 Å². The Morgan fingerprint density at radius 3 is 2.72 bits per heavy atom. The third kappa shape index (κ3) is 5.35. The SMILES string of the molecule is CCOC(=O)[C@H]1CCCN(C(=O)CSc2nnnn2-c2ccc(C(C)C)cc2)C1. The maximum absolute atomic E-state index is 12.7. The van der Waals surface area contributed by atoms with E-state index in [1.54, 1.807) is 16.5 Å². The Labute approximate surface area is 175 Å². The number of carbonyl (C=O) groups is 2. The third-order valence-corrected chi connectivity index (χ3v) is 5.87. The number of esters is 1. The zero-order chi connectivity index (χ0) is 20.8. The summed E-state index contributed by atoms with van der Waals surface area (Å²) in [6, 6.07) is 8.08. The average molecular weight is 418 g/mol. The largest absolute Gasteiger partial charge is 0.466 e. The molecule has 1 aliphatic heterocycles. The number of thioether (sulfide) groups is 1. The van der Waals surface area contributed by atoms with Gasteiger partial charge < -0.3 is 9.64 Å². The molecule has 0 bridgehead atoms. The molecule has 29 heavy (non-hydrogen) atoms. The number of aromatic nitrogens is 4. The molecule has 1 aromatic carbocycles. The summed E-state index contributed by atoms with van der Waals surface area (Å²) in [5, 5.41) is 12.4. The van der Waals surface area contributed by atoms with Crippen LogP contribution in [0.2, 0.25) is 0 Å². The van der Waals surface area contributed by atoms with E-state index in [0.29, 0.717) is 30.8 Å². The maximum atomic E-state index is 12.7. The van der Waals surface area contributed by atoms with Crippen molar-refractivity contribution >= 4 is 23.6 Å². The van der Waals surface area contributed by atoms with Gasteiger partial charge in [0.1, 0.15) is 0 Å². The number of hydrogen-bond acceptors (Lipinski definition) is 7. The second-order valence-corrected chi connectivity index (χ2v) is 8.28. The van der Waals surface area contributed by atoms with Gasteiger partial charge in [-0.3, -0.25) is 9.59 Å². The molecule has 1 aromatic heterocycles. The fourth-order valence-corrected chi connectivity index (χ4v) is 4.10. The van der Waals surface area contributed by atoms with Gasteiger partial charge in [-0.05, 0) is 53.8 Å². The monoisotopic (exact) mass is 417 g/mol. The molecule has 156 valence electrons. The van der Waals surface area contributed by atoms with Gasteiger partial charge in [-0.1, -0.05) is 37.7 Å². The fraction of sp³-hybridized carbons (Fsp3) is 0.550. The van der Waals surface area contributed by atoms with Crippen LogP contribution in [0.3, 0.4) is 0 Å². The fourth-order valence-electron chi connectivity index (χ4n) is 3.31. The summed E-state index contributed by atoms with van der Waals surface area (Å²) < 4.78 is 6.74. The first-order valence-corrected chi connectivity index (χ1v) is 10.9. The van der Waals surface area contributed by atoms with Crippen molar-refractivity contribution in [3.8, 4) is 5.69 Å². The quantitative estimate of drug-likeness (QED) is 0.505. The number of rotatable bonds is 7. The van der Waals surface area contributed by atoms with Gasteiger partial charge in [-0.25, -0.2) is 0 Å². The molecule has 1 aliphatic rings. The minimum absolute atomic E-state index is 0.0197. The van der Waals surface area contributed by atoms with E-state index >= 15 is 0 Å². The smallest absolute Gasteiger partial charge is 0.310 e. The van der Waals surface area contributed by atoms with Crippen LogP contribution in [0.1, 0.15) is 45.1 Å². The Kier molecular flexibility index (Phi) is 7.24. The van der Waals surface area contributed by atoms with Crippen molar-refractivity contribution in [2.75, 3.05) is 25.4 Å². The zero-order valence-corrected chi connectivity index (χ0v) is 17.9. The Bertz CT molecular complexity index is 837. The van der Waals surface area contributed by atoms with Crippen molar-refractivity contribution in [2.24, 2.45) is 5.92 Å². The molecule has 0 saturated carbocycles. The number of hydrogen-bond donors (Lipinski definition) is 0. The highest BCUT2D eigenvalue weighted by Gasteiger charge is 2.29. The molecule has 9 heteroatoms. The average Bonchev–Trinajstić information content (AvgIpc) is 3.21. The minimum atomic E-state index is -0.234. The van der Waals surface area contributed by atoms with E-state index in [1.807, 2.05) is 12.1 Å². The highest BCUT2D eigenvalue weighted by Crippen LogP contribution is 2.23. The van der Waals surface area contributed by atoms with Crippen molar-refractivity contribution in [1.29, 1.82) is 0 Å². The molecular formula is C20H27N5O3S. The van der Waals surface area contributed by atoms with E-state index < -0.39 is 0 Å². The van der Waals surface area contributed by atoms with E-state index in [2.05, 4.69) is 41.5 Å². The van der Waals surface area contributed by atoms with Gasteiger partial charge in [0.05, 0.1) is 24.0 Å². The van der Waals surface area contributed by atoms with Crippen LogP contribution in [-0.2, 0) is 14.3 Å². The minimum Gasteiger partial charge on any atom is -0.466 e. The lowest BCUT2D eigenvalue weighted by molar-refractivity contribution is -0.151. The van der Waals surface area contributed by atoms with Gasteiger partial charge in [0.2, 0.25) is 11.1 Å². The Hall–Kier alpha value is -2.42. The summed E-state index contributed by atoms with van der Waals surface area (Å²) in [6.07, 6.45) is 1.57. The summed E-state index contributed by atoms with van der Waals surface area (Å²) in [4.78, 5) is 26.4. The van der Waals surface area contributed by atoms with E-state index in [-0.39, 0.29) is 23.5 Å². The number of carbonyl (C=O) groups excluding carboxylic acids is 2. The lowest BCUT2D eigenvalue weighted by atomic mass is 9.98. The van der Waals surface area contributed by atoms with Gasteiger partial charge in [0, 0.05) is 13.1 Å². The molecule has 0 unspecified atom stereocenters. The molecule has 3 rings (SSSR count). The molecule has 0 radical (unpaired) electrons. The van der Waals surface area contributed by atoms with Gasteiger partial charge in [0.25, 0.3) is 0 Å². The molecule has 0 N–H and O–H groups in total. The van der Waals surface area contributed by atoms with E-state index in [9.17, 15) is 9.59 Å². The zero-order valence-electron chi connectivity index (χ0n) is 17.1. The third-order valence-electron chi connectivity index (χ3n) is 4.96. The first kappa shape index (κ1) is 21.3. The first-order chi connectivity index (χ1) is 14.0. The van der Waals surface area contributed by atoms with Crippen molar-refractivity contribution < 1.29 is 14.3 Å². The van der Waals surface area contributed by atoms with Gasteiger partial charge >= 0.3 is 5.97 Å². The summed E-state index contributed by atoms with van der Waals surface area (Å²) in [6.45, 7) is 7.52. The standard InChI is InChI=1S/C20H27N5O3S/c1-4-28-19(27)16-6-5-11-24(12-16)18(26)13-29-20-21-22-23-25(20)17-9-7-15(8-10-17)14(2)3/h7-10,14,16H,4-6,11-13H2,1-3H3/t16-/m0/s1. The predicted octanol–water partition coefficient (Wildman–Crippen LogP) is 2.68. The molecular weight excluding hydrogens is 390 g/mol. The molecule has 2 heterocycles. The lowest BCUT2D eigenvalue weighted by Crippen LogP contribution is -2.43. The number of benzene rings is 1. The number of amides is 1. The van der Waals surface area contributed by atoms with Crippen molar-refractivity contribution in [3.63, 3.8) is 0 Å². The highest BCUT2D eigenvalue weighted by molar-refractivity contribution is 7.99. The van der Waals surface area contributed by atoms with E-state index in [0.717, 1.165) is 18.5 Å². The van der Waals surface area contributed by atoms with Gasteiger partial charge in [-0.2, -0.15) is 4.68 Å². The Morgan fingerprint density at radius 1 is 1.28 bits per heavy atom. The molecule has 0 aliphatic carbocycles. The van der Waals surface area contributed by atoms with Crippen LogP contribution in [0.25, 0.3) is 5.69 Å². The number of nitrogens with zero attached hydrogens (tertiary/aromatic N) is 5. The first-order valence-electron chi connectivity index (χ1n) is 9.95. The van der Waals surface area contributed by atoms with Crippen molar-refractivity contribution in [3.05, 3.63) is 29.8 Å². The number of piperidine rings is 1. The summed E-state index contributed by atoms with van der Waals surface area (Å²) in [5.41, 5.74) is 2.10. The summed E-state index contributed by atoms with van der Waals surface area (Å²) >= 11 is 1.30. The molecule has 0 spiro atoms. The van der Waals surface area contributed by atoms with E-state index in [4.69, 9.17) is 4.74 Å². The van der Waals surface area contributed by atoms with Crippen molar-refractivity contribution in [1.82, 2.24) is 25.1 Å². The topological polar surface area (TPSA) is 90.2 Å². The molecule has 8 nitrogen and oxygen atoms in total. The molecule has 1 amide bonds. The number of tetrazole rings is 1. The molecule has 1 atom stereocenters. The normalized spacial score (nSPS) is 16.8. The predicted molar refractivity (Wildman–Crippen MR) is 110 cm³/mol. The van der Waals surface area contributed by atoms with Gasteiger partial charge in [0.15, 0.2) is 0 Å². The lowest BCUT2D eigenvalue weighted by Gasteiger charge is -2.31. The highest BCUT2D eigenvalue weighted by atomic mass is 32.2. The van der Waals surface area contributed by atoms with Crippen LogP contribution in [0.15, 0.2) is 29.4 Å². The van der Waals surface area contributed by atoms with Crippen LogP contribution >= 0.6 is 11.8 Å². The van der Waals surface area contributed by atoms with E-state index in [1.165, 1.54) is 17.3 Å². The second kappa shape index (κ2) is 9.87. The molecule has 2 aromatic rings. The number of likely N-dealkylation sites (tertiary alicyclic amines) is 1. The Balaban J connectivity index is 1.60. The summed E-state index contributed by atoms with van der Waals surface area (Å²) in [5.74, 6) is 0.204. The second-order valence-electron chi connectivity index (χ2n) is 7.34. The molecule has 1 fully saturated rings. The van der Waals surface area contributed by atoms with Crippen molar-refractivity contribution in [2.45, 2.75) is 44.7 Å². The van der Waals surface area contributed by atoms with Crippen LogP contribution in [0, 0.1) is 5.92 Å². The van der Waals surface area contributed by atoms with Crippen LogP contribution in [-0.4, -0.2) is 62.4 Å². The van der Waals surface area contributed by atoms with Crippen LogP contribution in [0.4, 0.5) is 0 Å². The maximum Gasteiger partial charge on any atom is 0.310 e. The summed E-state index contributed by atoms with van der Waals surface area (Å²) in [7, 11) is 0. The molecule has 1 saturated heterocycles. The number of ether oxygens (including phenoxy) is 1. The van der Waals surface area contributed by atoms with Crippen LogP contribution in [0.5, 0.6) is 0 Å². The Morgan fingerprint density at radius 2 is 2.03 bits per heavy atom. The van der Waals surface area contributed by atoms with Gasteiger partial charge in [-0.15, -0.1) is 5.10 Å².